The number of anilines is 2. The summed E-state index contributed by atoms with van der Waals surface area (Å²) in [6.45, 7) is 0.461. The number of hydrogen-bond donors (Lipinski definition) is 3. The summed E-state index contributed by atoms with van der Waals surface area (Å²) in [5.41, 5.74) is -1.82. The second-order valence-corrected chi connectivity index (χ2v) is 8.13. The van der Waals surface area contributed by atoms with Crippen LogP contribution in [-0.2, 0) is 15.1 Å². The van der Waals surface area contributed by atoms with E-state index < -0.39 is 53.3 Å². The molecule has 4 rings (SSSR count). The van der Waals surface area contributed by atoms with E-state index in [9.17, 15) is 32.3 Å². The Labute approximate surface area is 203 Å². The first-order chi connectivity index (χ1) is 17.1. The fourth-order valence-electron chi connectivity index (χ4n) is 3.76. The van der Waals surface area contributed by atoms with E-state index in [0.717, 1.165) is 18.2 Å². The van der Waals surface area contributed by atoms with Gasteiger partial charge in [-0.1, -0.05) is 12.1 Å². The van der Waals surface area contributed by atoms with Crippen LogP contribution in [0.5, 0.6) is 0 Å². The maximum absolute atomic E-state index is 14.3. The van der Waals surface area contributed by atoms with Gasteiger partial charge in [0.15, 0.2) is 0 Å². The summed E-state index contributed by atoms with van der Waals surface area (Å²) in [4.78, 5) is 51.4. The molecule has 3 aromatic carbocycles. The molecule has 1 unspecified atom stereocenters. The molecule has 0 spiro atoms. The van der Waals surface area contributed by atoms with Crippen LogP contribution in [0.2, 0.25) is 0 Å². The zero-order chi connectivity index (χ0) is 26.0. The molecule has 184 valence electrons. The van der Waals surface area contributed by atoms with E-state index in [2.05, 4.69) is 16.0 Å². The molecule has 8 nitrogen and oxygen atoms in total. The first kappa shape index (κ1) is 24.5. The van der Waals surface area contributed by atoms with Gasteiger partial charge < -0.3 is 16.0 Å². The average molecular weight is 496 g/mol. The van der Waals surface area contributed by atoms with Crippen LogP contribution in [-0.4, -0.2) is 35.2 Å². The van der Waals surface area contributed by atoms with Crippen LogP contribution in [0.25, 0.3) is 0 Å². The van der Waals surface area contributed by atoms with Gasteiger partial charge in [-0.15, -0.1) is 0 Å². The van der Waals surface area contributed by atoms with Gasteiger partial charge in [-0.05, 0) is 61.5 Å². The minimum Gasteiger partial charge on any atom is -0.324 e. The highest BCUT2D eigenvalue weighted by molar-refractivity contribution is 6.12. The predicted octanol–water partition coefficient (Wildman–Crippen LogP) is 3.76. The molecule has 1 aliphatic rings. The number of carbonyl (C=O) groups is 4. The number of hydrogen-bond acceptors (Lipinski definition) is 4. The number of imide groups is 1. The molecule has 3 N–H and O–H groups in total. The molecule has 1 heterocycles. The Bertz CT molecular complexity index is 1380. The summed E-state index contributed by atoms with van der Waals surface area (Å²) >= 11 is 0. The lowest BCUT2D eigenvalue weighted by Crippen LogP contribution is -2.42. The van der Waals surface area contributed by atoms with Crippen LogP contribution in [0.3, 0.4) is 0 Å². The minimum absolute atomic E-state index is 0.0686. The molecule has 5 amide bonds. The first-order valence-electron chi connectivity index (χ1n) is 10.6. The van der Waals surface area contributed by atoms with Crippen LogP contribution in [0.1, 0.15) is 22.8 Å². The van der Waals surface area contributed by atoms with E-state index in [1.54, 1.807) is 12.1 Å². The van der Waals surface area contributed by atoms with Gasteiger partial charge in [-0.3, -0.25) is 19.3 Å². The van der Waals surface area contributed by atoms with E-state index in [4.69, 9.17) is 0 Å². The van der Waals surface area contributed by atoms with Crippen LogP contribution in [0.15, 0.2) is 66.7 Å². The molecular formula is C25H19F3N4O4. The van der Waals surface area contributed by atoms with Crippen molar-refractivity contribution in [1.82, 2.24) is 10.2 Å². The minimum atomic E-state index is -1.92. The molecule has 1 fully saturated rings. The second kappa shape index (κ2) is 9.53. The number of nitrogens with zero attached hydrogens (tertiary/aromatic N) is 1. The molecule has 36 heavy (non-hydrogen) atoms. The molecule has 0 aromatic heterocycles. The number of halogens is 3. The number of para-hydroxylation sites is 1. The van der Waals surface area contributed by atoms with Gasteiger partial charge in [0.25, 0.3) is 11.8 Å². The SMILES string of the molecule is CC1(c2cc(F)ccc2F)NC(=O)N(CC(=O)Nc2ccccc2C(=O)Nc2ccc(F)cc2)C1=O. The Balaban J connectivity index is 1.49. The Morgan fingerprint density at radius 1 is 0.917 bits per heavy atom. The number of rotatable bonds is 6. The smallest absolute Gasteiger partial charge is 0.324 e. The van der Waals surface area contributed by atoms with Gasteiger partial charge in [0.2, 0.25) is 5.91 Å². The number of carbonyl (C=O) groups excluding carboxylic acids is 4. The lowest BCUT2D eigenvalue weighted by atomic mass is 9.91. The number of benzene rings is 3. The second-order valence-electron chi connectivity index (χ2n) is 8.13. The summed E-state index contributed by atoms with van der Waals surface area (Å²) < 4.78 is 41.1. The van der Waals surface area contributed by atoms with Crippen molar-refractivity contribution in [2.45, 2.75) is 12.5 Å². The number of nitrogens with one attached hydrogen (secondary N) is 3. The number of amides is 5. The molecule has 3 aromatic rings. The standard InChI is InChI=1S/C25H19F3N4O4/c1-25(18-12-15(27)8-11-19(18)28)23(35)32(24(36)31-25)13-21(33)30-20-5-3-2-4-17(20)22(34)29-16-9-6-14(26)7-10-16/h2-12H,13H2,1H3,(H,29,34)(H,30,33)(H,31,36). The summed E-state index contributed by atoms with van der Waals surface area (Å²) in [6, 6.07) is 12.6. The number of urea groups is 1. The first-order valence-corrected chi connectivity index (χ1v) is 10.6. The Morgan fingerprint density at radius 2 is 1.58 bits per heavy atom. The highest BCUT2D eigenvalue weighted by atomic mass is 19.1. The van der Waals surface area contributed by atoms with Crippen LogP contribution in [0.4, 0.5) is 29.3 Å². The fraction of sp³-hybridized carbons (Fsp3) is 0.120. The lowest BCUT2D eigenvalue weighted by molar-refractivity contribution is -0.133. The highest BCUT2D eigenvalue weighted by Gasteiger charge is 2.50. The van der Waals surface area contributed by atoms with Crippen LogP contribution in [0, 0.1) is 17.5 Å². The van der Waals surface area contributed by atoms with Crippen LogP contribution < -0.4 is 16.0 Å². The van der Waals surface area contributed by atoms with Crippen molar-refractivity contribution >= 4 is 35.1 Å². The van der Waals surface area contributed by atoms with Crippen LogP contribution >= 0.6 is 0 Å². The Morgan fingerprint density at radius 3 is 2.31 bits per heavy atom. The zero-order valence-corrected chi connectivity index (χ0v) is 18.8. The van der Waals surface area contributed by atoms with Crippen molar-refractivity contribution in [3.8, 4) is 0 Å². The van der Waals surface area contributed by atoms with Gasteiger partial charge in [0.1, 0.15) is 29.5 Å². The van der Waals surface area contributed by atoms with E-state index in [0.29, 0.717) is 10.6 Å². The van der Waals surface area contributed by atoms with E-state index in [1.807, 2.05) is 0 Å². The summed E-state index contributed by atoms with van der Waals surface area (Å²) in [7, 11) is 0. The fourth-order valence-corrected chi connectivity index (χ4v) is 3.76. The van der Waals surface area contributed by atoms with Gasteiger partial charge in [-0.25, -0.2) is 18.0 Å². The maximum atomic E-state index is 14.3. The largest absolute Gasteiger partial charge is 0.325 e. The third-order valence-electron chi connectivity index (χ3n) is 5.59. The maximum Gasteiger partial charge on any atom is 0.325 e. The molecule has 1 atom stereocenters. The highest BCUT2D eigenvalue weighted by Crippen LogP contribution is 2.31. The normalized spacial score (nSPS) is 17.1. The van der Waals surface area contributed by atoms with Gasteiger partial charge >= 0.3 is 6.03 Å². The van der Waals surface area contributed by atoms with Gasteiger partial charge in [-0.2, -0.15) is 0 Å². The molecule has 0 bridgehead atoms. The molecule has 1 aliphatic heterocycles. The van der Waals surface area contributed by atoms with E-state index in [1.165, 1.54) is 43.3 Å². The van der Waals surface area contributed by atoms with Crippen molar-refractivity contribution in [2.75, 3.05) is 17.2 Å². The van der Waals surface area contributed by atoms with Gasteiger partial charge in [0, 0.05) is 11.3 Å². The molecule has 11 heteroatoms. The Kier molecular flexibility index (Phi) is 6.47. The average Bonchev–Trinajstić information content (AvgIpc) is 3.06. The molecule has 0 saturated carbocycles. The predicted molar refractivity (Wildman–Crippen MR) is 123 cm³/mol. The summed E-state index contributed by atoms with van der Waals surface area (Å²) in [5, 5.41) is 7.35. The van der Waals surface area contributed by atoms with Crippen molar-refractivity contribution in [3.63, 3.8) is 0 Å². The zero-order valence-electron chi connectivity index (χ0n) is 18.8. The monoisotopic (exact) mass is 496 g/mol. The van der Waals surface area contributed by atoms with Crippen molar-refractivity contribution in [2.24, 2.45) is 0 Å². The quantitative estimate of drug-likeness (QED) is 0.452. The summed E-state index contributed by atoms with van der Waals surface area (Å²) in [6.07, 6.45) is 0. The van der Waals surface area contributed by atoms with E-state index >= 15 is 0 Å². The van der Waals surface area contributed by atoms with Crippen molar-refractivity contribution < 1.29 is 32.3 Å². The lowest BCUT2D eigenvalue weighted by Gasteiger charge is -2.22. The molecular weight excluding hydrogens is 477 g/mol. The molecule has 0 radical (unpaired) electrons. The summed E-state index contributed by atoms with van der Waals surface area (Å²) in [5.74, 6) is -4.54. The topological polar surface area (TPSA) is 108 Å². The van der Waals surface area contributed by atoms with Crippen molar-refractivity contribution in [3.05, 3.63) is 95.3 Å². The molecule has 0 aliphatic carbocycles. The van der Waals surface area contributed by atoms with Crippen molar-refractivity contribution in [1.29, 1.82) is 0 Å². The van der Waals surface area contributed by atoms with Gasteiger partial charge in [0.05, 0.1) is 11.3 Å². The third kappa shape index (κ3) is 4.76. The Hall–Kier alpha value is -4.67. The van der Waals surface area contributed by atoms with E-state index in [-0.39, 0.29) is 16.8 Å². The molecule has 1 saturated heterocycles. The third-order valence-corrected chi connectivity index (χ3v) is 5.59.